The lowest BCUT2D eigenvalue weighted by atomic mass is 10.0. The molecule has 0 aliphatic rings. The molecule has 0 aliphatic heterocycles. The van der Waals surface area contributed by atoms with Crippen LogP contribution < -0.4 is 0 Å². The first-order chi connectivity index (χ1) is 12.1. The lowest BCUT2D eigenvalue weighted by Crippen LogP contribution is -2.22. The van der Waals surface area contributed by atoms with E-state index >= 15 is 0 Å². The van der Waals surface area contributed by atoms with E-state index in [1.54, 1.807) is 0 Å². The van der Waals surface area contributed by atoms with Crippen LogP contribution in [0.2, 0.25) is 0 Å². The summed E-state index contributed by atoms with van der Waals surface area (Å²) in [5.41, 5.74) is 0. The summed E-state index contributed by atoms with van der Waals surface area (Å²) in [6.07, 6.45) is 19.8. The molecular formula is C20H36BrN3O. The highest BCUT2D eigenvalue weighted by Crippen LogP contribution is 2.16. The zero-order chi connectivity index (χ0) is 18.3. The van der Waals surface area contributed by atoms with Crippen LogP contribution in [0.4, 0.5) is 0 Å². The molecule has 0 N–H and O–H groups in total. The van der Waals surface area contributed by atoms with Gasteiger partial charge in [0.2, 0.25) is 0 Å². The van der Waals surface area contributed by atoms with Crippen LogP contribution in [-0.4, -0.2) is 25.5 Å². The molecule has 1 aromatic rings. The Labute approximate surface area is 162 Å². The standard InChI is InChI=1S/C20H36BrN3O/c1-18(2)14-12-10-8-6-4-3-5-7-9-11-13-15-19(21)20(25)24-17-22-16-23-24/h16-19H,3-15H2,1-2H3. The lowest BCUT2D eigenvalue weighted by Gasteiger charge is -2.08. The van der Waals surface area contributed by atoms with Gasteiger partial charge in [0.25, 0.3) is 5.91 Å². The van der Waals surface area contributed by atoms with Crippen LogP contribution in [-0.2, 0) is 0 Å². The van der Waals surface area contributed by atoms with Crippen LogP contribution in [0.25, 0.3) is 0 Å². The van der Waals surface area contributed by atoms with Gasteiger partial charge in [0.15, 0.2) is 0 Å². The maximum Gasteiger partial charge on any atom is 0.262 e. The zero-order valence-electron chi connectivity index (χ0n) is 16.1. The van der Waals surface area contributed by atoms with E-state index in [1.165, 1.54) is 88.0 Å². The second kappa shape index (κ2) is 14.5. The Hall–Kier alpha value is -0.710. The Bertz CT molecular complexity index is 434. The fourth-order valence-electron chi connectivity index (χ4n) is 3.06. The average Bonchev–Trinajstić information content (AvgIpc) is 3.12. The van der Waals surface area contributed by atoms with Crippen LogP contribution in [0.15, 0.2) is 12.7 Å². The van der Waals surface area contributed by atoms with Crippen LogP contribution >= 0.6 is 15.9 Å². The number of nitrogens with zero attached hydrogens (tertiary/aromatic N) is 3. The number of halogens is 1. The highest BCUT2D eigenvalue weighted by atomic mass is 79.9. The summed E-state index contributed by atoms with van der Waals surface area (Å²) in [5.74, 6) is 0.839. The number of rotatable bonds is 15. The lowest BCUT2D eigenvalue weighted by molar-refractivity contribution is 0.0892. The zero-order valence-corrected chi connectivity index (χ0v) is 17.7. The molecule has 0 amide bonds. The number of alkyl halides is 1. The smallest absolute Gasteiger partial charge is 0.262 e. The van der Waals surface area contributed by atoms with Crippen LogP contribution in [0.3, 0.4) is 0 Å². The Morgan fingerprint density at radius 3 is 1.80 bits per heavy atom. The van der Waals surface area contributed by atoms with Crippen molar-refractivity contribution in [3.63, 3.8) is 0 Å². The molecule has 1 heterocycles. The minimum absolute atomic E-state index is 0.0223. The van der Waals surface area contributed by atoms with Gasteiger partial charge < -0.3 is 0 Å². The molecular weight excluding hydrogens is 378 g/mol. The largest absolute Gasteiger partial charge is 0.271 e. The fourth-order valence-corrected chi connectivity index (χ4v) is 3.59. The maximum absolute atomic E-state index is 12.0. The SMILES string of the molecule is CC(C)CCCCCCCCCCCCCC(Br)C(=O)n1cncn1. The normalized spacial score (nSPS) is 12.6. The van der Waals surface area contributed by atoms with Gasteiger partial charge in [-0.15, -0.1) is 0 Å². The topological polar surface area (TPSA) is 47.8 Å². The number of carbonyl (C=O) groups excluding carboxylic acids is 1. The maximum atomic E-state index is 12.0. The van der Waals surface area contributed by atoms with Gasteiger partial charge in [0.1, 0.15) is 12.7 Å². The third kappa shape index (κ3) is 11.5. The van der Waals surface area contributed by atoms with Crippen molar-refractivity contribution in [2.45, 2.75) is 102 Å². The van der Waals surface area contributed by atoms with Gasteiger partial charge in [-0.2, -0.15) is 9.78 Å². The van der Waals surface area contributed by atoms with Gasteiger partial charge in [-0.05, 0) is 12.3 Å². The van der Waals surface area contributed by atoms with E-state index in [4.69, 9.17) is 0 Å². The molecule has 1 aromatic heterocycles. The monoisotopic (exact) mass is 413 g/mol. The number of aromatic nitrogens is 3. The Morgan fingerprint density at radius 2 is 1.36 bits per heavy atom. The molecule has 0 aliphatic carbocycles. The summed E-state index contributed by atoms with van der Waals surface area (Å²) in [6.45, 7) is 4.62. The van der Waals surface area contributed by atoms with Crippen molar-refractivity contribution in [3.05, 3.63) is 12.7 Å². The van der Waals surface area contributed by atoms with Crippen molar-refractivity contribution in [2.24, 2.45) is 5.92 Å². The number of hydrogen-bond acceptors (Lipinski definition) is 3. The quantitative estimate of drug-likeness (QED) is 0.246. The van der Waals surface area contributed by atoms with Gasteiger partial charge in [0, 0.05) is 0 Å². The molecule has 5 heteroatoms. The van der Waals surface area contributed by atoms with Gasteiger partial charge in [-0.3, -0.25) is 4.79 Å². The van der Waals surface area contributed by atoms with E-state index in [9.17, 15) is 4.79 Å². The molecule has 0 radical (unpaired) electrons. The summed E-state index contributed by atoms with van der Waals surface area (Å²) in [7, 11) is 0. The summed E-state index contributed by atoms with van der Waals surface area (Å²) < 4.78 is 1.31. The molecule has 0 aromatic carbocycles. The molecule has 0 spiro atoms. The van der Waals surface area contributed by atoms with Crippen molar-refractivity contribution in [2.75, 3.05) is 0 Å². The van der Waals surface area contributed by atoms with Crippen molar-refractivity contribution in [1.82, 2.24) is 14.8 Å². The molecule has 0 bridgehead atoms. The third-order valence-electron chi connectivity index (χ3n) is 4.65. The van der Waals surface area contributed by atoms with E-state index in [0.717, 1.165) is 18.8 Å². The number of unbranched alkanes of at least 4 members (excludes halogenated alkanes) is 10. The second-order valence-electron chi connectivity index (χ2n) is 7.51. The molecule has 1 rings (SSSR count). The summed E-state index contributed by atoms with van der Waals surface area (Å²) >= 11 is 3.46. The van der Waals surface area contributed by atoms with E-state index in [-0.39, 0.29) is 10.7 Å². The van der Waals surface area contributed by atoms with Crippen molar-refractivity contribution in [1.29, 1.82) is 0 Å². The van der Waals surface area contributed by atoms with Gasteiger partial charge in [-0.1, -0.05) is 107 Å². The minimum atomic E-state index is -0.148. The minimum Gasteiger partial charge on any atom is -0.271 e. The summed E-state index contributed by atoms with van der Waals surface area (Å²) in [5, 5.41) is 3.88. The highest BCUT2D eigenvalue weighted by molar-refractivity contribution is 9.10. The van der Waals surface area contributed by atoms with E-state index in [1.807, 2.05) is 0 Å². The molecule has 1 unspecified atom stereocenters. The van der Waals surface area contributed by atoms with Gasteiger partial charge in [-0.25, -0.2) is 4.98 Å². The van der Waals surface area contributed by atoms with E-state index in [0.29, 0.717) is 0 Å². The van der Waals surface area contributed by atoms with Crippen molar-refractivity contribution >= 4 is 21.8 Å². The molecule has 144 valence electrons. The summed E-state index contributed by atoms with van der Waals surface area (Å²) in [4.78, 5) is 15.6. The first kappa shape index (κ1) is 22.3. The molecule has 4 nitrogen and oxygen atoms in total. The Kier molecular flexibility index (Phi) is 12.9. The molecule has 0 fully saturated rings. The van der Waals surface area contributed by atoms with Gasteiger partial charge >= 0.3 is 0 Å². The Balaban J connectivity index is 1.83. The van der Waals surface area contributed by atoms with E-state index < -0.39 is 0 Å². The van der Waals surface area contributed by atoms with Crippen LogP contribution in [0, 0.1) is 5.92 Å². The number of hydrogen-bond donors (Lipinski definition) is 0. The average molecular weight is 414 g/mol. The first-order valence-corrected chi connectivity index (χ1v) is 11.1. The number of carbonyl (C=O) groups is 1. The fraction of sp³-hybridized carbons (Fsp3) is 0.850. The van der Waals surface area contributed by atoms with Gasteiger partial charge in [0.05, 0.1) is 4.83 Å². The Morgan fingerprint density at radius 1 is 0.880 bits per heavy atom. The first-order valence-electron chi connectivity index (χ1n) is 10.1. The van der Waals surface area contributed by atoms with Crippen molar-refractivity contribution in [3.8, 4) is 0 Å². The molecule has 25 heavy (non-hydrogen) atoms. The molecule has 0 saturated heterocycles. The predicted molar refractivity (Wildman–Crippen MR) is 108 cm³/mol. The van der Waals surface area contributed by atoms with Crippen molar-refractivity contribution < 1.29 is 4.79 Å². The predicted octanol–water partition coefficient (Wildman–Crippen LogP) is 6.41. The highest BCUT2D eigenvalue weighted by Gasteiger charge is 2.16. The molecule has 0 saturated carbocycles. The van der Waals surface area contributed by atoms with E-state index in [2.05, 4.69) is 39.9 Å². The third-order valence-corrected chi connectivity index (χ3v) is 5.50. The summed E-state index contributed by atoms with van der Waals surface area (Å²) in [6, 6.07) is 0. The molecule has 1 atom stereocenters. The van der Waals surface area contributed by atoms with Crippen LogP contribution in [0.1, 0.15) is 102 Å². The second-order valence-corrected chi connectivity index (χ2v) is 8.61. The van der Waals surface area contributed by atoms with Crippen LogP contribution in [0.5, 0.6) is 0 Å².